The van der Waals surface area contributed by atoms with E-state index < -0.39 is 0 Å². The molecule has 1 saturated carbocycles. The van der Waals surface area contributed by atoms with Crippen LogP contribution in [0.25, 0.3) is 0 Å². The van der Waals surface area contributed by atoms with Crippen molar-refractivity contribution in [2.75, 3.05) is 0 Å². The third-order valence-corrected chi connectivity index (χ3v) is 5.45. The molecule has 0 spiro atoms. The van der Waals surface area contributed by atoms with Crippen molar-refractivity contribution in [3.05, 3.63) is 57.6 Å². The van der Waals surface area contributed by atoms with Crippen LogP contribution >= 0.6 is 0 Å². The van der Waals surface area contributed by atoms with Gasteiger partial charge in [-0.3, -0.25) is 9.98 Å². The first-order chi connectivity index (χ1) is 13.3. The number of aromatic hydroxyl groups is 2. The fraction of sp³-hybridized carbons (Fsp3) is 0.417. The van der Waals surface area contributed by atoms with E-state index in [1.165, 1.54) is 0 Å². The number of hydrogen-bond donors (Lipinski definition) is 2. The summed E-state index contributed by atoms with van der Waals surface area (Å²) in [7, 11) is 0. The zero-order chi connectivity index (χ0) is 20.3. The maximum atomic E-state index is 10.3. The molecular formula is C24H30CrN2O2. The molecule has 0 radical (unpaired) electrons. The van der Waals surface area contributed by atoms with Crippen molar-refractivity contribution < 1.29 is 27.6 Å². The summed E-state index contributed by atoms with van der Waals surface area (Å²) in [4.78, 5) is 9.57. The van der Waals surface area contributed by atoms with E-state index in [1.807, 2.05) is 52.0 Å². The van der Waals surface area contributed by atoms with Gasteiger partial charge in [-0.2, -0.15) is 0 Å². The number of aryl methyl sites for hydroxylation is 4. The number of aliphatic imine (C=N–C) groups is 2. The van der Waals surface area contributed by atoms with Crippen molar-refractivity contribution in [1.82, 2.24) is 0 Å². The van der Waals surface area contributed by atoms with E-state index in [1.54, 1.807) is 12.4 Å². The molecule has 2 aromatic carbocycles. The zero-order valence-electron chi connectivity index (χ0n) is 17.6. The Hall–Kier alpha value is -2.09. The molecule has 29 heavy (non-hydrogen) atoms. The average Bonchev–Trinajstić information content (AvgIpc) is 2.65. The summed E-state index contributed by atoms with van der Waals surface area (Å²) in [5.74, 6) is 0.593. The molecule has 0 aliphatic heterocycles. The van der Waals surface area contributed by atoms with E-state index in [0.29, 0.717) is 11.5 Å². The van der Waals surface area contributed by atoms with Crippen molar-refractivity contribution in [1.29, 1.82) is 0 Å². The van der Waals surface area contributed by atoms with Crippen LogP contribution in [0.4, 0.5) is 0 Å². The summed E-state index contributed by atoms with van der Waals surface area (Å²) >= 11 is 0. The van der Waals surface area contributed by atoms with Gasteiger partial charge >= 0.3 is 0 Å². The van der Waals surface area contributed by atoms with E-state index in [2.05, 4.69) is 0 Å². The Bertz CT molecular complexity index is 846. The number of phenols is 2. The molecule has 3 rings (SSSR count). The smallest absolute Gasteiger partial charge is 0.127 e. The molecule has 0 heterocycles. The maximum Gasteiger partial charge on any atom is 0.127 e. The van der Waals surface area contributed by atoms with Gasteiger partial charge in [-0.15, -0.1) is 0 Å². The molecule has 0 aromatic heterocycles. The first kappa shape index (κ1) is 23.2. The van der Waals surface area contributed by atoms with Crippen LogP contribution in [0, 0.1) is 27.7 Å². The summed E-state index contributed by atoms with van der Waals surface area (Å²) in [5.41, 5.74) is 5.48. The fourth-order valence-corrected chi connectivity index (χ4v) is 3.97. The number of rotatable bonds is 4. The van der Waals surface area contributed by atoms with Crippen LogP contribution < -0.4 is 0 Å². The molecule has 5 heteroatoms. The quantitative estimate of drug-likeness (QED) is 0.657. The molecule has 154 valence electrons. The standard InChI is InChI=1S/C24H30N2O2.Cr/c1-15-9-17(3)23(27)19(11-15)13-25-21-7-5-6-8-22(21)26-14-20-12-16(2)10-18(4)24(20)28;/h9-14,21-22,27-28H,5-8H2,1-4H3;. The Balaban J connectivity index is 0.00000300. The SMILES string of the molecule is Cc1cc(C)c(O)c(C=NC2CCCCC2N=Cc2cc(C)cc(C)c2O)c1.[Cr]. The summed E-state index contributed by atoms with van der Waals surface area (Å²) in [6.45, 7) is 7.86. The summed E-state index contributed by atoms with van der Waals surface area (Å²) in [5, 5.41) is 20.6. The largest absolute Gasteiger partial charge is 0.507 e. The molecular weight excluding hydrogens is 400 g/mol. The predicted molar refractivity (Wildman–Crippen MR) is 116 cm³/mol. The van der Waals surface area contributed by atoms with Crippen molar-refractivity contribution in [2.45, 2.75) is 65.5 Å². The second-order valence-corrected chi connectivity index (χ2v) is 8.01. The Morgan fingerprint density at radius 3 is 1.48 bits per heavy atom. The van der Waals surface area contributed by atoms with E-state index in [-0.39, 0.29) is 29.4 Å². The normalized spacial score (nSPS) is 19.6. The van der Waals surface area contributed by atoms with Gasteiger partial charge in [0.15, 0.2) is 0 Å². The Morgan fingerprint density at radius 2 is 1.10 bits per heavy atom. The topological polar surface area (TPSA) is 65.2 Å². The molecule has 0 amide bonds. The van der Waals surface area contributed by atoms with E-state index in [4.69, 9.17) is 9.98 Å². The summed E-state index contributed by atoms with van der Waals surface area (Å²) in [6, 6.07) is 8.05. The van der Waals surface area contributed by atoms with Gasteiger partial charge in [0, 0.05) is 40.9 Å². The molecule has 2 unspecified atom stereocenters. The molecule has 1 fully saturated rings. The molecule has 0 saturated heterocycles. The van der Waals surface area contributed by atoms with Gasteiger partial charge in [0.2, 0.25) is 0 Å². The Labute approximate surface area is 184 Å². The van der Waals surface area contributed by atoms with Gasteiger partial charge in [0.05, 0.1) is 12.1 Å². The molecule has 2 aromatic rings. The van der Waals surface area contributed by atoms with Crippen LogP contribution in [0.1, 0.15) is 59.1 Å². The van der Waals surface area contributed by atoms with Crippen molar-refractivity contribution in [2.24, 2.45) is 9.98 Å². The van der Waals surface area contributed by atoms with Crippen LogP contribution in [-0.2, 0) is 17.4 Å². The van der Waals surface area contributed by atoms with Gasteiger partial charge in [0.1, 0.15) is 11.5 Å². The van der Waals surface area contributed by atoms with E-state index >= 15 is 0 Å². The first-order valence-corrected chi connectivity index (χ1v) is 10.0. The Kier molecular flexibility index (Phi) is 8.07. The van der Waals surface area contributed by atoms with Crippen LogP contribution in [0.3, 0.4) is 0 Å². The van der Waals surface area contributed by atoms with Gasteiger partial charge in [-0.05, 0) is 74.9 Å². The van der Waals surface area contributed by atoms with Crippen LogP contribution in [0.15, 0.2) is 34.3 Å². The Morgan fingerprint density at radius 1 is 0.724 bits per heavy atom. The number of phenolic OH excluding ortho intramolecular Hbond substituents is 2. The van der Waals surface area contributed by atoms with E-state index in [0.717, 1.165) is 59.1 Å². The second-order valence-electron chi connectivity index (χ2n) is 8.01. The zero-order valence-corrected chi connectivity index (χ0v) is 18.9. The minimum absolute atomic E-state index is 0. The van der Waals surface area contributed by atoms with Gasteiger partial charge < -0.3 is 10.2 Å². The van der Waals surface area contributed by atoms with Gasteiger partial charge in [0.25, 0.3) is 0 Å². The van der Waals surface area contributed by atoms with Crippen molar-refractivity contribution in [3.8, 4) is 11.5 Å². The molecule has 1 aliphatic carbocycles. The summed E-state index contributed by atoms with van der Waals surface area (Å²) < 4.78 is 0. The van der Waals surface area contributed by atoms with E-state index in [9.17, 15) is 10.2 Å². The molecule has 2 N–H and O–H groups in total. The summed E-state index contributed by atoms with van der Waals surface area (Å²) in [6.07, 6.45) is 7.85. The number of nitrogens with zero attached hydrogens (tertiary/aromatic N) is 2. The number of benzene rings is 2. The van der Waals surface area contributed by atoms with Crippen LogP contribution in [0.2, 0.25) is 0 Å². The third kappa shape index (κ3) is 5.72. The fourth-order valence-electron chi connectivity index (χ4n) is 3.97. The minimum atomic E-state index is 0. The first-order valence-electron chi connectivity index (χ1n) is 10.0. The van der Waals surface area contributed by atoms with Crippen molar-refractivity contribution >= 4 is 12.4 Å². The molecule has 2 atom stereocenters. The van der Waals surface area contributed by atoms with Crippen molar-refractivity contribution in [3.63, 3.8) is 0 Å². The van der Waals surface area contributed by atoms with Gasteiger partial charge in [-0.25, -0.2) is 0 Å². The molecule has 4 nitrogen and oxygen atoms in total. The second kappa shape index (κ2) is 10.1. The molecule has 1 aliphatic rings. The monoisotopic (exact) mass is 430 g/mol. The average molecular weight is 431 g/mol. The number of hydrogen-bond acceptors (Lipinski definition) is 4. The predicted octanol–water partition coefficient (Wildman–Crippen LogP) is 5.18. The maximum absolute atomic E-state index is 10.3. The van der Waals surface area contributed by atoms with Crippen LogP contribution in [-0.4, -0.2) is 34.7 Å². The minimum Gasteiger partial charge on any atom is -0.507 e. The van der Waals surface area contributed by atoms with Gasteiger partial charge in [-0.1, -0.05) is 25.0 Å². The third-order valence-electron chi connectivity index (χ3n) is 5.45. The molecule has 0 bridgehead atoms. The van der Waals surface area contributed by atoms with Crippen LogP contribution in [0.5, 0.6) is 11.5 Å².